The molecule has 5 rings (SSSR count). The number of nitrogens with zero attached hydrogens (tertiary/aromatic N) is 1. The zero-order valence-electron chi connectivity index (χ0n) is 17.2. The summed E-state index contributed by atoms with van der Waals surface area (Å²) >= 11 is 0. The number of ether oxygens (including phenoxy) is 1. The molecule has 0 unspecified atom stereocenters. The van der Waals surface area contributed by atoms with Crippen LogP contribution in [0.3, 0.4) is 0 Å². The Hall–Kier alpha value is -4.38. The highest BCUT2D eigenvalue weighted by Crippen LogP contribution is 2.28. The molecule has 2 N–H and O–H groups in total. The van der Waals surface area contributed by atoms with Gasteiger partial charge in [0.05, 0.1) is 11.9 Å². The Labute approximate surface area is 185 Å². The molecule has 0 aliphatic carbocycles. The van der Waals surface area contributed by atoms with Gasteiger partial charge in [-0.05, 0) is 40.8 Å². The first-order valence-electron chi connectivity index (χ1n) is 10.4. The van der Waals surface area contributed by atoms with Crippen molar-refractivity contribution in [1.82, 2.24) is 9.97 Å². The summed E-state index contributed by atoms with van der Waals surface area (Å²) in [6.07, 6.45) is 3.18. The number of aromatic amines is 1. The number of carbonyl (C=O) groups is 1. The molecule has 0 fully saturated rings. The van der Waals surface area contributed by atoms with Crippen molar-refractivity contribution in [2.24, 2.45) is 0 Å². The maximum absolute atomic E-state index is 12.6. The van der Waals surface area contributed by atoms with Crippen LogP contribution < -0.4 is 10.1 Å². The van der Waals surface area contributed by atoms with Gasteiger partial charge in [-0.3, -0.25) is 4.79 Å². The van der Waals surface area contributed by atoms with Crippen LogP contribution in [0, 0.1) is 0 Å². The van der Waals surface area contributed by atoms with Crippen molar-refractivity contribution < 1.29 is 9.53 Å². The van der Waals surface area contributed by atoms with E-state index < -0.39 is 0 Å². The maximum Gasteiger partial charge on any atom is 0.255 e. The van der Waals surface area contributed by atoms with E-state index in [9.17, 15) is 4.79 Å². The minimum atomic E-state index is -0.280. The number of anilines is 1. The topological polar surface area (TPSA) is 67.0 Å². The molecular formula is C27H21N3O2. The Morgan fingerprint density at radius 3 is 2.22 bits per heavy atom. The Morgan fingerprint density at radius 1 is 0.844 bits per heavy atom. The van der Waals surface area contributed by atoms with Gasteiger partial charge in [-0.1, -0.05) is 66.7 Å². The number of aromatic nitrogens is 2. The molecule has 0 spiro atoms. The van der Waals surface area contributed by atoms with Crippen molar-refractivity contribution in [3.05, 3.63) is 126 Å². The predicted molar refractivity (Wildman–Crippen MR) is 126 cm³/mol. The molecule has 0 bridgehead atoms. The Kier molecular flexibility index (Phi) is 5.37. The van der Waals surface area contributed by atoms with Crippen LogP contribution in [0.15, 0.2) is 109 Å². The van der Waals surface area contributed by atoms with Gasteiger partial charge in [0.15, 0.2) is 6.10 Å². The summed E-state index contributed by atoms with van der Waals surface area (Å²) < 4.78 is 6.24. The first-order chi connectivity index (χ1) is 15.8. The number of nitrogens with one attached hydrogen (secondary N) is 2. The molecule has 5 heteroatoms. The summed E-state index contributed by atoms with van der Waals surface area (Å²) in [6, 6.07) is 31.2. The molecule has 3 aromatic carbocycles. The molecule has 2 aromatic heterocycles. The molecular weight excluding hydrogens is 398 g/mol. The van der Waals surface area contributed by atoms with Gasteiger partial charge in [-0.2, -0.15) is 0 Å². The van der Waals surface area contributed by atoms with Gasteiger partial charge in [-0.15, -0.1) is 0 Å². The molecule has 0 saturated heterocycles. The van der Waals surface area contributed by atoms with Gasteiger partial charge in [-0.25, -0.2) is 4.98 Å². The highest BCUT2D eigenvalue weighted by Gasteiger charge is 2.16. The number of hydrogen-bond acceptors (Lipinski definition) is 3. The van der Waals surface area contributed by atoms with Crippen LogP contribution in [0.5, 0.6) is 5.88 Å². The molecule has 5 nitrogen and oxygen atoms in total. The highest BCUT2D eigenvalue weighted by atomic mass is 16.5. The third-order valence-corrected chi connectivity index (χ3v) is 5.25. The van der Waals surface area contributed by atoms with Gasteiger partial charge in [0.1, 0.15) is 0 Å². The van der Waals surface area contributed by atoms with Gasteiger partial charge < -0.3 is 15.0 Å². The number of benzene rings is 3. The summed E-state index contributed by atoms with van der Waals surface area (Å²) in [5, 5.41) is 3.95. The van der Waals surface area contributed by atoms with Crippen molar-refractivity contribution >= 4 is 22.5 Å². The van der Waals surface area contributed by atoms with Crippen molar-refractivity contribution in [2.45, 2.75) is 6.10 Å². The van der Waals surface area contributed by atoms with Crippen LogP contribution in [0.1, 0.15) is 27.6 Å². The minimum absolute atomic E-state index is 0.191. The van der Waals surface area contributed by atoms with Crippen LogP contribution in [0.4, 0.5) is 5.69 Å². The lowest BCUT2D eigenvalue weighted by Crippen LogP contribution is -2.13. The lowest BCUT2D eigenvalue weighted by molar-refractivity contribution is 0.102. The number of hydrogen-bond donors (Lipinski definition) is 2. The van der Waals surface area contributed by atoms with Crippen LogP contribution in [-0.2, 0) is 0 Å². The van der Waals surface area contributed by atoms with E-state index in [2.05, 4.69) is 15.3 Å². The number of fused-ring (bicyclic) bond motifs is 1. The van der Waals surface area contributed by atoms with Gasteiger partial charge in [0.2, 0.25) is 5.88 Å². The molecule has 0 saturated carbocycles. The van der Waals surface area contributed by atoms with E-state index in [-0.39, 0.29) is 12.0 Å². The molecule has 0 atom stereocenters. The van der Waals surface area contributed by atoms with Gasteiger partial charge in [0, 0.05) is 23.3 Å². The number of carbonyl (C=O) groups excluding carboxylic acids is 1. The van der Waals surface area contributed by atoms with Crippen LogP contribution in [0.25, 0.3) is 10.9 Å². The fourth-order valence-corrected chi connectivity index (χ4v) is 3.62. The molecule has 2 heterocycles. The zero-order chi connectivity index (χ0) is 21.8. The van der Waals surface area contributed by atoms with E-state index in [1.165, 1.54) is 0 Å². The van der Waals surface area contributed by atoms with E-state index >= 15 is 0 Å². The molecule has 5 aromatic rings. The van der Waals surface area contributed by atoms with E-state index in [1.54, 1.807) is 24.4 Å². The fourth-order valence-electron chi connectivity index (χ4n) is 3.62. The van der Waals surface area contributed by atoms with Crippen molar-refractivity contribution in [2.75, 3.05) is 5.32 Å². The fraction of sp³-hybridized carbons (Fsp3) is 0.0370. The second kappa shape index (κ2) is 8.78. The standard InChI is InChI=1S/C27H21N3O2/c31-27(22-12-11-19-15-16-28-24(19)17-22)30-23-13-14-25(29-18-23)32-26(20-7-3-1-4-8-20)21-9-5-2-6-10-21/h1-18,26,28H,(H,30,31). The largest absolute Gasteiger partial charge is 0.465 e. The Morgan fingerprint density at radius 2 is 1.56 bits per heavy atom. The quantitative estimate of drug-likeness (QED) is 0.356. The lowest BCUT2D eigenvalue weighted by atomic mass is 10.0. The molecule has 0 aliphatic heterocycles. The van der Waals surface area contributed by atoms with Crippen LogP contribution in [-0.4, -0.2) is 15.9 Å². The smallest absolute Gasteiger partial charge is 0.255 e. The summed E-state index contributed by atoms with van der Waals surface area (Å²) in [6.45, 7) is 0. The zero-order valence-corrected chi connectivity index (χ0v) is 17.2. The van der Waals surface area contributed by atoms with Gasteiger partial charge >= 0.3 is 0 Å². The average Bonchev–Trinajstić information content (AvgIpc) is 3.33. The number of rotatable bonds is 6. The monoisotopic (exact) mass is 419 g/mol. The SMILES string of the molecule is O=C(Nc1ccc(OC(c2ccccc2)c2ccccc2)nc1)c1ccc2cc[nH]c2c1. The molecule has 1 amide bonds. The van der Waals surface area contributed by atoms with Crippen molar-refractivity contribution in [1.29, 1.82) is 0 Å². The van der Waals surface area contributed by atoms with Crippen molar-refractivity contribution in [3.63, 3.8) is 0 Å². The third kappa shape index (κ3) is 4.23. The Balaban J connectivity index is 1.32. The summed E-state index contributed by atoms with van der Waals surface area (Å²) in [7, 11) is 0. The predicted octanol–water partition coefficient (Wildman–Crippen LogP) is 5.98. The molecule has 32 heavy (non-hydrogen) atoms. The average molecular weight is 419 g/mol. The summed E-state index contributed by atoms with van der Waals surface area (Å²) in [5.74, 6) is 0.289. The summed E-state index contributed by atoms with van der Waals surface area (Å²) in [4.78, 5) is 20.2. The third-order valence-electron chi connectivity index (χ3n) is 5.25. The lowest BCUT2D eigenvalue weighted by Gasteiger charge is -2.19. The van der Waals surface area contributed by atoms with E-state index in [0.717, 1.165) is 22.0 Å². The second-order valence-corrected chi connectivity index (χ2v) is 7.44. The number of H-pyrrole nitrogens is 1. The van der Waals surface area contributed by atoms with E-state index in [0.29, 0.717) is 17.1 Å². The van der Waals surface area contributed by atoms with Crippen molar-refractivity contribution in [3.8, 4) is 5.88 Å². The first kappa shape index (κ1) is 19.6. The summed E-state index contributed by atoms with van der Waals surface area (Å²) in [5.41, 5.74) is 4.18. The molecule has 0 aliphatic rings. The molecule has 156 valence electrons. The maximum atomic E-state index is 12.6. The first-order valence-corrected chi connectivity index (χ1v) is 10.4. The molecule has 0 radical (unpaired) electrons. The minimum Gasteiger partial charge on any atom is -0.465 e. The number of amides is 1. The Bertz CT molecular complexity index is 1290. The van der Waals surface area contributed by atoms with E-state index in [1.807, 2.05) is 85.1 Å². The second-order valence-electron chi connectivity index (χ2n) is 7.44. The van der Waals surface area contributed by atoms with Crippen LogP contribution in [0.2, 0.25) is 0 Å². The highest BCUT2D eigenvalue weighted by molar-refractivity contribution is 6.06. The van der Waals surface area contributed by atoms with Crippen LogP contribution >= 0.6 is 0 Å². The van der Waals surface area contributed by atoms with E-state index in [4.69, 9.17) is 4.74 Å². The van der Waals surface area contributed by atoms with Gasteiger partial charge in [0.25, 0.3) is 5.91 Å². The normalized spacial score (nSPS) is 10.9. The number of pyridine rings is 1.